The first-order chi connectivity index (χ1) is 12.1. The van der Waals surface area contributed by atoms with Gasteiger partial charge in [-0.25, -0.2) is 8.42 Å². The van der Waals surface area contributed by atoms with Gasteiger partial charge in [0.25, 0.3) is 0 Å². The number of hydrogen-bond donors (Lipinski definition) is 1. The monoisotopic (exact) mass is 356 g/mol. The summed E-state index contributed by atoms with van der Waals surface area (Å²) in [5.41, 5.74) is 3.08. The Hall–Kier alpha value is -1.89. The number of nitrogens with one attached hydrogen (secondary N) is 1. The van der Waals surface area contributed by atoms with E-state index < -0.39 is 10.0 Å². The van der Waals surface area contributed by atoms with Gasteiger partial charge in [0.15, 0.2) is 0 Å². The van der Waals surface area contributed by atoms with Crippen LogP contribution in [0.25, 0.3) is 0 Å². The molecule has 0 saturated carbocycles. The van der Waals surface area contributed by atoms with Crippen LogP contribution in [0.15, 0.2) is 53.4 Å². The molecule has 0 aliphatic carbocycles. The van der Waals surface area contributed by atoms with Crippen molar-refractivity contribution in [2.24, 2.45) is 0 Å². The summed E-state index contributed by atoms with van der Waals surface area (Å²) in [4.78, 5) is 2.59. The fraction of sp³-hybridized carbons (Fsp3) is 0.368. The third-order valence-corrected chi connectivity index (χ3v) is 7.30. The number of nitrogens with zero attached hydrogens (tertiary/aromatic N) is 1. The second kappa shape index (κ2) is 5.30. The highest BCUT2D eigenvalue weighted by molar-refractivity contribution is 7.89. The van der Waals surface area contributed by atoms with Crippen molar-refractivity contribution in [2.45, 2.75) is 35.9 Å². The van der Waals surface area contributed by atoms with Crippen molar-refractivity contribution in [3.63, 3.8) is 0 Å². The molecule has 5 rings (SSSR count). The summed E-state index contributed by atoms with van der Waals surface area (Å²) in [6.07, 6.45) is 1.36. The van der Waals surface area contributed by atoms with Crippen LogP contribution in [0.4, 0.5) is 5.69 Å². The van der Waals surface area contributed by atoms with E-state index in [0.717, 1.165) is 18.5 Å². The quantitative estimate of drug-likeness (QED) is 0.787. The van der Waals surface area contributed by atoms with Crippen molar-refractivity contribution in [2.75, 3.05) is 18.1 Å². The predicted octanol–water partition coefficient (Wildman–Crippen LogP) is 2.37. The lowest BCUT2D eigenvalue weighted by atomic mass is 9.67. The largest absolute Gasteiger partial charge is 0.381 e. The van der Waals surface area contributed by atoms with Crippen LogP contribution in [0.5, 0.6) is 0 Å². The highest BCUT2D eigenvalue weighted by Crippen LogP contribution is 2.48. The maximum absolute atomic E-state index is 12.9. The first-order valence-electron chi connectivity index (χ1n) is 8.66. The summed E-state index contributed by atoms with van der Waals surface area (Å²) in [7, 11) is -3.52. The Morgan fingerprint density at radius 3 is 2.60 bits per heavy atom. The Balaban J connectivity index is 1.76. The van der Waals surface area contributed by atoms with E-state index in [0.29, 0.717) is 24.7 Å². The summed E-state index contributed by atoms with van der Waals surface area (Å²) in [5, 5.41) is 0. The molecule has 1 spiro atoms. The molecule has 3 heterocycles. The van der Waals surface area contributed by atoms with Gasteiger partial charge in [-0.1, -0.05) is 36.4 Å². The Morgan fingerprint density at radius 1 is 1.04 bits per heavy atom. The number of para-hydroxylation sites is 1. The number of hydrogen-bond acceptors (Lipinski definition) is 4. The molecule has 2 aromatic rings. The maximum atomic E-state index is 12.9. The topological polar surface area (TPSA) is 58.6 Å². The highest BCUT2D eigenvalue weighted by atomic mass is 32.2. The van der Waals surface area contributed by atoms with Crippen molar-refractivity contribution in [3.05, 3.63) is 59.7 Å². The summed E-state index contributed by atoms with van der Waals surface area (Å²) >= 11 is 0. The highest BCUT2D eigenvalue weighted by Gasteiger charge is 2.52. The van der Waals surface area contributed by atoms with Crippen LogP contribution in [-0.4, -0.2) is 27.8 Å². The van der Waals surface area contributed by atoms with Crippen molar-refractivity contribution < 1.29 is 13.2 Å². The van der Waals surface area contributed by atoms with Crippen LogP contribution < -0.4 is 9.62 Å². The predicted molar refractivity (Wildman–Crippen MR) is 94.9 cm³/mol. The smallest absolute Gasteiger partial charge is 0.244 e. The van der Waals surface area contributed by atoms with Crippen LogP contribution in [0.2, 0.25) is 0 Å². The van der Waals surface area contributed by atoms with Crippen LogP contribution in [0.3, 0.4) is 0 Å². The van der Waals surface area contributed by atoms with E-state index in [-0.39, 0.29) is 11.6 Å². The Labute approximate surface area is 147 Å². The average molecular weight is 356 g/mol. The second-order valence-corrected chi connectivity index (χ2v) is 8.73. The van der Waals surface area contributed by atoms with Crippen molar-refractivity contribution >= 4 is 15.7 Å². The van der Waals surface area contributed by atoms with E-state index in [9.17, 15) is 8.42 Å². The zero-order valence-electron chi connectivity index (χ0n) is 13.8. The van der Waals surface area contributed by atoms with Gasteiger partial charge in [0.05, 0.1) is 5.69 Å². The molecule has 2 aromatic carbocycles. The molecule has 0 aromatic heterocycles. The fourth-order valence-electron chi connectivity index (χ4n) is 4.68. The molecule has 5 nitrogen and oxygen atoms in total. The number of anilines is 1. The van der Waals surface area contributed by atoms with E-state index in [1.54, 1.807) is 12.1 Å². The Bertz CT molecular complexity index is 935. The minimum atomic E-state index is -3.52. The fourth-order valence-corrected chi connectivity index (χ4v) is 6.17. The molecule has 1 atom stereocenters. The number of rotatable bonds is 0. The van der Waals surface area contributed by atoms with Gasteiger partial charge in [0, 0.05) is 25.2 Å². The molecular formula is C19H20N2O3S. The zero-order valence-corrected chi connectivity index (χ0v) is 14.6. The van der Waals surface area contributed by atoms with E-state index >= 15 is 0 Å². The SMILES string of the molecule is O=S1(=O)N[C@H]2N(Cc3ccccc3C23CCOCC3)c2ccccc21. The van der Waals surface area contributed by atoms with E-state index in [1.165, 1.54) is 11.1 Å². The van der Waals surface area contributed by atoms with Gasteiger partial charge in [-0.3, -0.25) is 0 Å². The molecule has 1 fully saturated rings. The standard InChI is InChI=1S/C19H20N2O3S/c22-25(23)17-8-4-3-7-16(17)21-13-14-5-1-2-6-15(14)19(18(21)20-25)9-11-24-12-10-19/h1-8,18,20H,9-13H2/t18-/m0/s1. The summed E-state index contributed by atoms with van der Waals surface area (Å²) in [5.74, 6) is 0. The molecular weight excluding hydrogens is 336 g/mol. The normalized spacial score (nSPS) is 25.8. The summed E-state index contributed by atoms with van der Waals surface area (Å²) in [6.45, 7) is 2.02. The van der Waals surface area contributed by atoms with Gasteiger partial charge in [0.2, 0.25) is 10.0 Å². The molecule has 3 aliphatic heterocycles. The second-order valence-electron chi connectivity index (χ2n) is 7.05. The summed E-state index contributed by atoms with van der Waals surface area (Å²) in [6, 6.07) is 15.7. The number of sulfonamides is 1. The van der Waals surface area contributed by atoms with Crippen LogP contribution >= 0.6 is 0 Å². The van der Waals surface area contributed by atoms with E-state index in [2.05, 4.69) is 33.9 Å². The number of fused-ring (bicyclic) bond motifs is 6. The summed E-state index contributed by atoms with van der Waals surface area (Å²) < 4.78 is 34.4. The number of ether oxygens (including phenoxy) is 1. The average Bonchev–Trinajstić information content (AvgIpc) is 2.64. The minimum Gasteiger partial charge on any atom is -0.381 e. The third kappa shape index (κ3) is 2.11. The molecule has 6 heteroatoms. The lowest BCUT2D eigenvalue weighted by Crippen LogP contribution is -2.66. The molecule has 3 aliphatic rings. The van der Waals surface area contributed by atoms with Gasteiger partial charge >= 0.3 is 0 Å². The van der Waals surface area contributed by atoms with Gasteiger partial charge < -0.3 is 9.64 Å². The molecule has 0 bridgehead atoms. The Kier molecular flexibility index (Phi) is 3.26. The maximum Gasteiger partial charge on any atom is 0.244 e. The molecule has 1 N–H and O–H groups in total. The Morgan fingerprint density at radius 2 is 1.76 bits per heavy atom. The molecule has 1 saturated heterocycles. The molecule has 130 valence electrons. The third-order valence-electron chi connectivity index (χ3n) is 5.85. The molecule has 25 heavy (non-hydrogen) atoms. The van der Waals surface area contributed by atoms with Gasteiger partial charge in [-0.05, 0) is 36.1 Å². The minimum absolute atomic E-state index is 0.256. The van der Waals surface area contributed by atoms with Crippen molar-refractivity contribution in [1.82, 2.24) is 4.72 Å². The number of benzene rings is 2. The first kappa shape index (κ1) is 15.4. The van der Waals surface area contributed by atoms with E-state index in [1.807, 2.05) is 12.1 Å². The van der Waals surface area contributed by atoms with Crippen LogP contribution in [0, 0.1) is 0 Å². The molecule has 0 radical (unpaired) electrons. The lowest BCUT2D eigenvalue weighted by molar-refractivity contribution is 0.0334. The lowest BCUT2D eigenvalue weighted by Gasteiger charge is -2.55. The zero-order chi connectivity index (χ0) is 17.1. The van der Waals surface area contributed by atoms with Gasteiger partial charge in [-0.15, -0.1) is 0 Å². The molecule has 0 amide bonds. The van der Waals surface area contributed by atoms with Crippen LogP contribution in [0.1, 0.15) is 24.0 Å². The molecule has 0 unspecified atom stereocenters. The van der Waals surface area contributed by atoms with Gasteiger partial charge in [-0.2, -0.15) is 4.72 Å². The van der Waals surface area contributed by atoms with E-state index in [4.69, 9.17) is 4.74 Å². The van der Waals surface area contributed by atoms with Crippen molar-refractivity contribution in [1.29, 1.82) is 0 Å². The van der Waals surface area contributed by atoms with Gasteiger partial charge in [0.1, 0.15) is 11.1 Å². The van der Waals surface area contributed by atoms with Crippen LogP contribution in [-0.2, 0) is 26.7 Å². The first-order valence-corrected chi connectivity index (χ1v) is 10.1. The van der Waals surface area contributed by atoms with Crippen molar-refractivity contribution in [3.8, 4) is 0 Å².